The number of anilines is 1. The molecule has 146 valence electrons. The average Bonchev–Trinajstić information content (AvgIpc) is 3.05. The molecule has 1 heterocycles. The van der Waals surface area contributed by atoms with Crippen molar-refractivity contribution in [3.05, 3.63) is 53.3 Å². The van der Waals surface area contributed by atoms with E-state index in [1.54, 1.807) is 31.4 Å². The number of nitrogens with zero attached hydrogens (tertiary/aromatic N) is 2. The summed E-state index contributed by atoms with van der Waals surface area (Å²) in [4.78, 5) is 12.0. The first-order valence-electron chi connectivity index (χ1n) is 8.09. The smallest absolute Gasteiger partial charge is 0.297 e. The molecule has 0 spiro atoms. The summed E-state index contributed by atoms with van der Waals surface area (Å²) >= 11 is 6.83. The Balaban J connectivity index is 1.60. The van der Waals surface area contributed by atoms with Crippen LogP contribution in [0.2, 0.25) is 5.02 Å². The number of nitrogens with one attached hydrogen (secondary N) is 1. The maximum absolute atomic E-state index is 13.2. The number of thioether (sulfide) groups is 1. The van der Waals surface area contributed by atoms with Gasteiger partial charge in [-0.1, -0.05) is 23.4 Å². The summed E-state index contributed by atoms with van der Waals surface area (Å²) < 4.78 is 24.4. The number of carbonyl (C=O) groups is 1. The van der Waals surface area contributed by atoms with Crippen LogP contribution in [0.5, 0.6) is 11.7 Å². The van der Waals surface area contributed by atoms with Gasteiger partial charge in [-0.05, 0) is 35.0 Å². The van der Waals surface area contributed by atoms with Crippen LogP contribution in [0, 0.1) is 5.82 Å². The van der Waals surface area contributed by atoms with Crippen molar-refractivity contribution in [1.29, 1.82) is 0 Å². The fraction of sp³-hybridized carbons (Fsp3) is 0.167. The van der Waals surface area contributed by atoms with E-state index in [-0.39, 0.29) is 22.4 Å². The first kappa shape index (κ1) is 20.0. The first-order chi connectivity index (χ1) is 13.5. The van der Waals surface area contributed by atoms with E-state index in [1.807, 2.05) is 0 Å². The lowest BCUT2D eigenvalue weighted by atomic mass is 10.3. The zero-order valence-corrected chi connectivity index (χ0v) is 16.2. The number of amides is 1. The zero-order chi connectivity index (χ0) is 20.1. The van der Waals surface area contributed by atoms with Crippen LogP contribution in [0.4, 0.5) is 10.1 Å². The molecule has 1 N–H and O–H groups in total. The van der Waals surface area contributed by atoms with Crippen molar-refractivity contribution >= 4 is 35.0 Å². The van der Waals surface area contributed by atoms with E-state index < -0.39 is 11.8 Å². The van der Waals surface area contributed by atoms with Gasteiger partial charge in [0, 0.05) is 30.0 Å². The molecule has 0 saturated heterocycles. The number of aromatic nitrogens is 2. The molecule has 0 radical (unpaired) electrons. The predicted molar refractivity (Wildman–Crippen MR) is 99.4 cm³/mol. The van der Waals surface area contributed by atoms with Gasteiger partial charge >= 0.3 is 0 Å². The van der Waals surface area contributed by atoms with Crippen molar-refractivity contribution in [1.82, 2.24) is 5.27 Å². The molecular weight excluding hydrogens is 409 g/mol. The predicted octanol–water partition coefficient (Wildman–Crippen LogP) is 2.95. The van der Waals surface area contributed by atoms with Gasteiger partial charge in [-0.25, -0.2) is 4.39 Å². The summed E-state index contributed by atoms with van der Waals surface area (Å²) in [6.45, 7) is 0. The molecule has 0 atom stereocenters. The summed E-state index contributed by atoms with van der Waals surface area (Å²) in [5.41, 5.74) is 1.02. The lowest BCUT2D eigenvalue weighted by Crippen LogP contribution is -2.34. The number of rotatable bonds is 7. The maximum Gasteiger partial charge on any atom is 0.297 e. The first-order valence-corrected chi connectivity index (χ1v) is 9.45. The molecule has 0 aliphatic carbocycles. The molecule has 1 amide bonds. The zero-order valence-electron chi connectivity index (χ0n) is 14.6. The summed E-state index contributed by atoms with van der Waals surface area (Å²) in [7, 11) is 1.56. The second kappa shape index (κ2) is 8.94. The monoisotopic (exact) mass is 423 g/mol. The number of ether oxygens (including phenoxy) is 1. The Morgan fingerprint density at radius 2 is 2.11 bits per heavy atom. The van der Waals surface area contributed by atoms with Crippen molar-refractivity contribution in [3.63, 3.8) is 0 Å². The van der Waals surface area contributed by atoms with Gasteiger partial charge in [-0.15, -0.1) is 0 Å². The largest absolute Gasteiger partial charge is 0.538 e. The highest BCUT2D eigenvalue weighted by Gasteiger charge is 2.21. The van der Waals surface area contributed by atoms with Crippen LogP contribution in [-0.2, 0) is 4.79 Å². The lowest BCUT2D eigenvalue weighted by Gasteiger charge is -2.05. The van der Waals surface area contributed by atoms with Crippen LogP contribution in [0.25, 0.3) is 5.69 Å². The summed E-state index contributed by atoms with van der Waals surface area (Å²) in [5.74, 6) is -0.467. The molecule has 2 aromatic carbocycles. The summed E-state index contributed by atoms with van der Waals surface area (Å²) in [6, 6.07) is 10.8. The molecule has 0 aliphatic heterocycles. The van der Waals surface area contributed by atoms with E-state index in [2.05, 4.69) is 10.6 Å². The normalized spacial score (nSPS) is 10.7. The Morgan fingerprint density at radius 1 is 1.36 bits per heavy atom. The standard InChI is InChI=1S/C18H15ClFN3O4S/c1-26-13-5-3-12(4-6-13)23-17(18(25)27-22-23)28-9-8-16(24)21-11-2-7-15(20)14(19)10-11/h2-7,10H,8-9H2,1H3,(H-,21,22,24,25). The van der Waals surface area contributed by atoms with E-state index >= 15 is 0 Å². The van der Waals surface area contributed by atoms with Gasteiger partial charge in [-0.3, -0.25) is 4.79 Å². The molecule has 3 rings (SSSR count). The Hall–Kier alpha value is -2.78. The van der Waals surface area contributed by atoms with Crippen LogP contribution in [0.3, 0.4) is 0 Å². The van der Waals surface area contributed by atoms with Crippen LogP contribution < -0.4 is 19.8 Å². The van der Waals surface area contributed by atoms with E-state index in [1.165, 1.54) is 22.9 Å². The third-order valence-corrected chi connectivity index (χ3v) is 4.97. The van der Waals surface area contributed by atoms with Crippen molar-refractivity contribution in [2.45, 2.75) is 11.4 Å². The van der Waals surface area contributed by atoms with Crippen molar-refractivity contribution in [2.75, 3.05) is 18.2 Å². The highest BCUT2D eigenvalue weighted by Crippen LogP contribution is 2.25. The third-order valence-electron chi connectivity index (χ3n) is 3.66. The van der Waals surface area contributed by atoms with Crippen LogP contribution in [-0.4, -0.2) is 24.0 Å². The Morgan fingerprint density at radius 3 is 2.79 bits per heavy atom. The molecule has 0 fully saturated rings. The highest BCUT2D eigenvalue weighted by atomic mass is 35.5. The van der Waals surface area contributed by atoms with Gasteiger partial charge in [0.2, 0.25) is 11.6 Å². The van der Waals surface area contributed by atoms with Crippen molar-refractivity contribution in [2.24, 2.45) is 0 Å². The van der Waals surface area contributed by atoms with Gasteiger partial charge in [0.25, 0.3) is 5.03 Å². The molecule has 0 saturated carbocycles. The second-order valence-electron chi connectivity index (χ2n) is 5.55. The van der Waals surface area contributed by atoms with E-state index in [4.69, 9.17) is 20.9 Å². The van der Waals surface area contributed by atoms with Gasteiger partial charge in [-0.2, -0.15) is 0 Å². The second-order valence-corrected chi connectivity index (χ2v) is 7.04. The molecule has 10 heteroatoms. The number of benzene rings is 2. The lowest BCUT2D eigenvalue weighted by molar-refractivity contribution is -0.705. The fourth-order valence-corrected chi connectivity index (χ4v) is 3.36. The van der Waals surface area contributed by atoms with Gasteiger partial charge < -0.3 is 19.7 Å². The van der Waals surface area contributed by atoms with E-state index in [0.29, 0.717) is 22.9 Å². The number of halogens is 2. The molecule has 3 aromatic rings. The van der Waals surface area contributed by atoms with Crippen molar-refractivity contribution < 1.29 is 28.2 Å². The quantitative estimate of drug-likeness (QED) is 0.464. The minimum Gasteiger partial charge on any atom is -0.538 e. The van der Waals surface area contributed by atoms with Crippen LogP contribution in [0.15, 0.2) is 52.0 Å². The van der Waals surface area contributed by atoms with Crippen molar-refractivity contribution in [3.8, 4) is 17.4 Å². The molecule has 0 bridgehead atoms. The highest BCUT2D eigenvalue weighted by molar-refractivity contribution is 7.99. The summed E-state index contributed by atoms with van der Waals surface area (Å²) in [6.07, 6.45) is 0.118. The Kier molecular flexibility index (Phi) is 6.37. The Labute approximate surface area is 169 Å². The minimum absolute atomic E-state index is 0.0758. The maximum atomic E-state index is 13.2. The number of hydrogen-bond acceptors (Lipinski definition) is 6. The van der Waals surface area contributed by atoms with Gasteiger partial charge in [0.05, 0.1) is 17.4 Å². The molecular formula is C18H15ClFN3O4S. The van der Waals surface area contributed by atoms with Gasteiger partial charge in [0.15, 0.2) is 5.95 Å². The number of methoxy groups -OCH3 is 1. The average molecular weight is 424 g/mol. The summed E-state index contributed by atoms with van der Waals surface area (Å²) in [5, 5.41) is 18.5. The van der Waals surface area contributed by atoms with Crippen LogP contribution >= 0.6 is 23.4 Å². The SMILES string of the molecule is COc1ccc(-[n+]2noc([O-])c2SCCC(=O)Nc2ccc(F)c(Cl)c2)cc1. The fourth-order valence-electron chi connectivity index (χ4n) is 2.29. The van der Waals surface area contributed by atoms with Gasteiger partial charge in [0.1, 0.15) is 11.6 Å². The number of hydrogen-bond donors (Lipinski definition) is 1. The molecule has 28 heavy (non-hydrogen) atoms. The molecule has 0 unspecified atom stereocenters. The topological polar surface area (TPSA) is 91.3 Å². The Bertz CT molecular complexity index is 981. The molecule has 0 aliphatic rings. The number of carbonyl (C=O) groups excluding carboxylic acids is 1. The third kappa shape index (κ3) is 4.73. The minimum atomic E-state index is -0.591. The van der Waals surface area contributed by atoms with E-state index in [0.717, 1.165) is 11.8 Å². The molecule has 1 aromatic heterocycles. The molecule has 7 nitrogen and oxygen atoms in total. The van der Waals surface area contributed by atoms with Crippen LogP contribution in [0.1, 0.15) is 6.42 Å². The van der Waals surface area contributed by atoms with E-state index in [9.17, 15) is 14.3 Å².